The Bertz CT molecular complexity index is 872. The predicted octanol–water partition coefficient (Wildman–Crippen LogP) is 2.95. The number of carbonyl (C=O) groups is 1. The van der Waals surface area contributed by atoms with E-state index in [0.29, 0.717) is 23.9 Å². The molecule has 1 fully saturated rings. The van der Waals surface area contributed by atoms with Crippen LogP contribution in [0.1, 0.15) is 29.2 Å². The number of carbonyl (C=O) groups excluding carboxylic acids is 1. The number of aromatic nitrogens is 3. The van der Waals surface area contributed by atoms with Gasteiger partial charge in [-0.2, -0.15) is 4.98 Å². The number of nitrogens with zero attached hydrogens (tertiary/aromatic N) is 3. The van der Waals surface area contributed by atoms with Gasteiger partial charge in [0, 0.05) is 29.7 Å². The topological polar surface area (TPSA) is 71.1 Å². The number of ether oxygens (including phenoxy) is 1. The zero-order valence-electron chi connectivity index (χ0n) is 14.1. The molecule has 1 atom stereocenters. The maximum atomic E-state index is 12.8. The molecule has 3 aromatic rings. The minimum atomic E-state index is -0.0450. The van der Waals surface area contributed by atoms with Crippen LogP contribution in [0.4, 0.5) is 0 Å². The van der Waals surface area contributed by atoms with Gasteiger partial charge >= 0.3 is 0 Å². The largest absolute Gasteiger partial charge is 0.472 e. The van der Waals surface area contributed by atoms with Gasteiger partial charge in [-0.25, -0.2) is 4.98 Å². The lowest BCUT2D eigenvalue weighted by atomic mass is 10.1. The molecule has 6 heteroatoms. The Kier molecular flexibility index (Phi) is 4.09. The maximum Gasteiger partial charge on any atom is 0.270 e. The van der Waals surface area contributed by atoms with Crippen LogP contribution in [-0.2, 0) is 0 Å². The van der Waals surface area contributed by atoms with Crippen molar-refractivity contribution in [3.63, 3.8) is 0 Å². The molecule has 3 heterocycles. The Morgan fingerprint density at radius 3 is 3.04 bits per heavy atom. The number of rotatable bonds is 3. The molecule has 0 aliphatic carbocycles. The summed E-state index contributed by atoms with van der Waals surface area (Å²) < 4.78 is 5.96. The number of para-hydroxylation sites is 1. The third kappa shape index (κ3) is 3.33. The van der Waals surface area contributed by atoms with Crippen molar-refractivity contribution in [3.05, 3.63) is 54.1 Å². The Labute approximate surface area is 145 Å². The molecule has 1 N–H and O–H groups in total. The molecule has 1 unspecified atom stereocenters. The van der Waals surface area contributed by atoms with Gasteiger partial charge in [-0.3, -0.25) is 4.79 Å². The van der Waals surface area contributed by atoms with Crippen LogP contribution in [0.15, 0.2) is 42.6 Å². The third-order valence-electron chi connectivity index (χ3n) is 4.46. The number of H-pyrrole nitrogens is 1. The highest BCUT2D eigenvalue weighted by Gasteiger charge is 2.26. The second-order valence-corrected chi connectivity index (χ2v) is 6.35. The van der Waals surface area contributed by atoms with Crippen molar-refractivity contribution in [1.82, 2.24) is 19.9 Å². The molecule has 1 aliphatic rings. The molecular weight excluding hydrogens is 316 g/mol. The number of hydrogen-bond acceptors (Lipinski definition) is 4. The summed E-state index contributed by atoms with van der Waals surface area (Å²) >= 11 is 0. The van der Waals surface area contributed by atoms with Crippen molar-refractivity contribution >= 4 is 16.8 Å². The summed E-state index contributed by atoms with van der Waals surface area (Å²) in [5.74, 6) is 1.26. The number of fused-ring (bicyclic) bond motifs is 1. The number of likely N-dealkylation sites (tertiary alicyclic amines) is 1. The summed E-state index contributed by atoms with van der Waals surface area (Å²) in [5.41, 5.74) is 1.60. The lowest BCUT2D eigenvalue weighted by molar-refractivity contribution is 0.0522. The van der Waals surface area contributed by atoms with Crippen LogP contribution >= 0.6 is 0 Å². The number of aryl methyl sites for hydroxylation is 1. The van der Waals surface area contributed by atoms with Crippen molar-refractivity contribution < 1.29 is 9.53 Å². The molecular formula is C19H20N4O2. The third-order valence-corrected chi connectivity index (χ3v) is 4.46. The molecule has 6 nitrogen and oxygen atoms in total. The highest BCUT2D eigenvalue weighted by atomic mass is 16.5. The van der Waals surface area contributed by atoms with E-state index in [9.17, 15) is 4.79 Å². The molecule has 0 radical (unpaired) electrons. The fourth-order valence-corrected chi connectivity index (χ4v) is 3.25. The Balaban J connectivity index is 1.47. The number of benzene rings is 1. The van der Waals surface area contributed by atoms with E-state index in [1.54, 1.807) is 12.3 Å². The second kappa shape index (κ2) is 6.55. The summed E-state index contributed by atoms with van der Waals surface area (Å²) in [6.45, 7) is 3.15. The van der Waals surface area contributed by atoms with Gasteiger partial charge in [-0.15, -0.1) is 0 Å². The van der Waals surface area contributed by atoms with Crippen molar-refractivity contribution in [2.75, 3.05) is 13.1 Å². The number of aromatic amines is 1. The number of piperidine rings is 1. The minimum Gasteiger partial charge on any atom is -0.472 e. The average molecular weight is 336 g/mol. The zero-order valence-corrected chi connectivity index (χ0v) is 14.1. The number of hydrogen-bond donors (Lipinski definition) is 1. The van der Waals surface area contributed by atoms with Gasteiger partial charge in [-0.1, -0.05) is 18.2 Å². The van der Waals surface area contributed by atoms with Crippen molar-refractivity contribution in [3.8, 4) is 5.88 Å². The summed E-state index contributed by atoms with van der Waals surface area (Å²) in [7, 11) is 0. The first-order valence-corrected chi connectivity index (χ1v) is 8.52. The first-order valence-electron chi connectivity index (χ1n) is 8.52. The van der Waals surface area contributed by atoms with Crippen LogP contribution < -0.4 is 4.74 Å². The van der Waals surface area contributed by atoms with Gasteiger partial charge in [0.1, 0.15) is 17.6 Å². The van der Waals surface area contributed by atoms with Crippen molar-refractivity contribution in [2.24, 2.45) is 0 Å². The van der Waals surface area contributed by atoms with Crippen molar-refractivity contribution in [1.29, 1.82) is 0 Å². The van der Waals surface area contributed by atoms with Crippen LogP contribution in [0.25, 0.3) is 10.9 Å². The predicted molar refractivity (Wildman–Crippen MR) is 94.6 cm³/mol. The lowest BCUT2D eigenvalue weighted by Crippen LogP contribution is -2.44. The highest BCUT2D eigenvalue weighted by molar-refractivity contribution is 5.98. The molecule has 2 aromatic heterocycles. The minimum absolute atomic E-state index is 0.0170. The summed E-state index contributed by atoms with van der Waals surface area (Å²) in [6, 6.07) is 11.6. The fraction of sp³-hybridized carbons (Fsp3) is 0.316. The van der Waals surface area contributed by atoms with E-state index in [1.165, 1.54) is 0 Å². The smallest absolute Gasteiger partial charge is 0.270 e. The monoisotopic (exact) mass is 336 g/mol. The molecule has 0 spiro atoms. The zero-order chi connectivity index (χ0) is 17.2. The maximum absolute atomic E-state index is 12.8. The number of nitrogens with one attached hydrogen (secondary N) is 1. The van der Waals surface area contributed by atoms with E-state index in [-0.39, 0.29) is 12.0 Å². The van der Waals surface area contributed by atoms with Crippen LogP contribution in [0.2, 0.25) is 0 Å². The average Bonchev–Trinajstić information content (AvgIpc) is 3.05. The van der Waals surface area contributed by atoms with Gasteiger partial charge in [0.15, 0.2) is 0 Å². The molecule has 0 saturated carbocycles. The van der Waals surface area contributed by atoms with Crippen molar-refractivity contribution in [2.45, 2.75) is 25.9 Å². The highest BCUT2D eigenvalue weighted by Crippen LogP contribution is 2.20. The standard InChI is InChI=1S/C19H20N4O2/c1-13-20-9-8-18(21-13)25-15-6-4-10-23(12-15)19(24)17-11-14-5-2-3-7-16(14)22-17/h2-3,5,7-9,11,15,22H,4,6,10,12H2,1H3. The van der Waals surface area contributed by atoms with Gasteiger partial charge in [0.25, 0.3) is 5.91 Å². The van der Waals surface area contributed by atoms with Crippen LogP contribution in [0, 0.1) is 6.92 Å². The van der Waals surface area contributed by atoms with E-state index >= 15 is 0 Å². The molecule has 4 rings (SSSR count). The fourth-order valence-electron chi connectivity index (χ4n) is 3.25. The second-order valence-electron chi connectivity index (χ2n) is 6.35. The first-order chi connectivity index (χ1) is 12.2. The Hall–Kier alpha value is -2.89. The SMILES string of the molecule is Cc1nccc(OC2CCCN(C(=O)c3cc4ccccc4[nH]3)C2)n1. The van der Waals surface area contributed by atoms with Crippen LogP contribution in [0.5, 0.6) is 5.88 Å². The molecule has 128 valence electrons. The molecule has 1 saturated heterocycles. The van der Waals surface area contributed by atoms with E-state index in [4.69, 9.17) is 4.74 Å². The molecule has 1 amide bonds. The van der Waals surface area contributed by atoms with E-state index in [0.717, 1.165) is 30.3 Å². The summed E-state index contributed by atoms with van der Waals surface area (Å²) in [5, 5.41) is 1.05. The van der Waals surface area contributed by atoms with Crippen LogP contribution in [-0.4, -0.2) is 45.0 Å². The number of amides is 1. The lowest BCUT2D eigenvalue weighted by Gasteiger charge is -2.32. The first kappa shape index (κ1) is 15.6. The molecule has 1 aromatic carbocycles. The Morgan fingerprint density at radius 1 is 1.32 bits per heavy atom. The molecule has 1 aliphatic heterocycles. The van der Waals surface area contributed by atoms with Gasteiger partial charge < -0.3 is 14.6 Å². The van der Waals surface area contributed by atoms with Gasteiger partial charge in [0.05, 0.1) is 6.54 Å². The molecule has 0 bridgehead atoms. The summed E-state index contributed by atoms with van der Waals surface area (Å²) in [6.07, 6.45) is 3.48. The Morgan fingerprint density at radius 2 is 2.20 bits per heavy atom. The van der Waals surface area contributed by atoms with E-state index < -0.39 is 0 Å². The summed E-state index contributed by atoms with van der Waals surface area (Å²) in [4.78, 5) is 26.3. The van der Waals surface area contributed by atoms with Gasteiger partial charge in [-0.05, 0) is 31.9 Å². The van der Waals surface area contributed by atoms with Crippen LogP contribution in [0.3, 0.4) is 0 Å². The molecule has 25 heavy (non-hydrogen) atoms. The van der Waals surface area contributed by atoms with Gasteiger partial charge in [0.2, 0.25) is 5.88 Å². The quantitative estimate of drug-likeness (QED) is 0.798. The van der Waals surface area contributed by atoms with E-state index in [1.807, 2.05) is 42.2 Å². The van der Waals surface area contributed by atoms with E-state index in [2.05, 4.69) is 15.0 Å². The normalized spacial score (nSPS) is 17.6.